The van der Waals surface area contributed by atoms with E-state index in [1.54, 1.807) is 6.20 Å². The average Bonchev–Trinajstić information content (AvgIpc) is 2.88. The van der Waals surface area contributed by atoms with Gasteiger partial charge in [-0.25, -0.2) is 9.97 Å². The lowest BCUT2D eigenvalue weighted by Crippen LogP contribution is -2.41. The Labute approximate surface area is 136 Å². The number of halogens is 1. The number of aromatic nitrogens is 3. The van der Waals surface area contributed by atoms with Crippen LogP contribution in [0.5, 0.6) is 0 Å². The molecule has 2 atom stereocenters. The highest BCUT2D eigenvalue weighted by Gasteiger charge is 2.57. The van der Waals surface area contributed by atoms with Crippen LogP contribution in [0.2, 0.25) is 0 Å². The van der Waals surface area contributed by atoms with Crippen LogP contribution < -0.4 is 5.73 Å². The Morgan fingerprint density at radius 1 is 1.50 bits per heavy atom. The molecule has 7 heteroatoms. The number of anilines is 1. The molecule has 0 spiro atoms. The maximum Gasteiger partial charge on any atom is 0.307 e. The average molecular weight is 367 g/mol. The third-order valence-electron chi connectivity index (χ3n) is 5.56. The normalized spacial score (nSPS) is 27.4. The molecule has 2 heterocycles. The first kappa shape index (κ1) is 15.3. The van der Waals surface area contributed by atoms with Crippen LogP contribution in [-0.2, 0) is 10.2 Å². The van der Waals surface area contributed by atoms with Crippen molar-refractivity contribution in [2.75, 3.05) is 5.73 Å². The van der Waals surface area contributed by atoms with E-state index in [1.807, 2.05) is 24.4 Å². The molecule has 3 N–H and O–H groups in total. The molecular formula is C15H19BrN4O2. The highest BCUT2D eigenvalue weighted by molar-refractivity contribution is 9.10. The number of hydrogen-bond acceptors (Lipinski definition) is 4. The maximum absolute atomic E-state index is 11.6. The van der Waals surface area contributed by atoms with E-state index in [0.29, 0.717) is 16.8 Å². The molecule has 1 aliphatic carbocycles. The zero-order valence-corrected chi connectivity index (χ0v) is 14.4. The molecule has 0 radical (unpaired) electrons. The van der Waals surface area contributed by atoms with Gasteiger partial charge in [0.2, 0.25) is 0 Å². The van der Waals surface area contributed by atoms with Crippen molar-refractivity contribution < 1.29 is 9.90 Å². The first-order chi connectivity index (χ1) is 10.2. The summed E-state index contributed by atoms with van der Waals surface area (Å²) in [5.41, 5.74) is 5.91. The predicted octanol–water partition coefficient (Wildman–Crippen LogP) is 2.85. The fourth-order valence-corrected chi connectivity index (χ4v) is 4.30. The van der Waals surface area contributed by atoms with Gasteiger partial charge in [0.1, 0.15) is 15.9 Å². The van der Waals surface area contributed by atoms with E-state index in [4.69, 9.17) is 5.73 Å². The molecule has 0 amide bonds. The van der Waals surface area contributed by atoms with E-state index >= 15 is 0 Å². The number of rotatable bonds is 2. The minimum atomic E-state index is -0.741. The molecule has 0 aromatic carbocycles. The number of carbonyl (C=O) groups is 1. The van der Waals surface area contributed by atoms with Gasteiger partial charge in [0.15, 0.2) is 5.82 Å². The highest BCUT2D eigenvalue weighted by Crippen LogP contribution is 2.57. The molecule has 0 aliphatic heterocycles. The Hall–Kier alpha value is -1.63. The Balaban J connectivity index is 2.24. The summed E-state index contributed by atoms with van der Waals surface area (Å²) in [6, 6.07) is 0. The number of carboxylic acid groups (broad SMARTS) is 1. The van der Waals surface area contributed by atoms with Gasteiger partial charge in [-0.1, -0.05) is 20.8 Å². The third kappa shape index (κ3) is 1.81. The molecule has 3 rings (SSSR count). The van der Waals surface area contributed by atoms with Crippen molar-refractivity contribution in [3.05, 3.63) is 22.8 Å². The van der Waals surface area contributed by atoms with E-state index in [2.05, 4.69) is 32.8 Å². The lowest BCUT2D eigenvalue weighted by molar-refractivity contribution is -0.145. The minimum Gasteiger partial charge on any atom is -0.481 e. The predicted molar refractivity (Wildman–Crippen MR) is 86.6 cm³/mol. The Morgan fingerprint density at radius 2 is 2.18 bits per heavy atom. The maximum atomic E-state index is 11.6. The molecule has 0 bridgehead atoms. The van der Waals surface area contributed by atoms with Crippen LogP contribution in [0.3, 0.4) is 0 Å². The van der Waals surface area contributed by atoms with Crippen LogP contribution >= 0.6 is 15.9 Å². The van der Waals surface area contributed by atoms with Crippen LogP contribution in [0.1, 0.15) is 39.4 Å². The van der Waals surface area contributed by atoms with Gasteiger partial charge < -0.3 is 10.8 Å². The lowest BCUT2D eigenvalue weighted by atomic mass is 9.65. The van der Waals surface area contributed by atoms with Crippen molar-refractivity contribution >= 4 is 33.2 Å². The van der Waals surface area contributed by atoms with Gasteiger partial charge >= 0.3 is 5.97 Å². The first-order valence-electron chi connectivity index (χ1n) is 7.21. The summed E-state index contributed by atoms with van der Waals surface area (Å²) in [5, 5.41) is 9.52. The van der Waals surface area contributed by atoms with Crippen LogP contribution in [0.25, 0.3) is 5.52 Å². The van der Waals surface area contributed by atoms with Crippen molar-refractivity contribution in [1.82, 2.24) is 14.4 Å². The van der Waals surface area contributed by atoms with Crippen molar-refractivity contribution in [2.45, 2.75) is 39.0 Å². The molecular weight excluding hydrogens is 348 g/mol. The molecule has 1 saturated carbocycles. The largest absolute Gasteiger partial charge is 0.481 e. The van der Waals surface area contributed by atoms with E-state index in [9.17, 15) is 9.90 Å². The molecule has 2 aromatic rings. The number of fused-ring (bicyclic) bond motifs is 1. The molecule has 1 aliphatic rings. The van der Waals surface area contributed by atoms with Gasteiger partial charge in [0, 0.05) is 17.8 Å². The summed E-state index contributed by atoms with van der Waals surface area (Å²) in [5.74, 6) is 0.109. The van der Waals surface area contributed by atoms with Gasteiger partial charge in [-0.2, -0.15) is 0 Å². The molecule has 0 unspecified atom stereocenters. The van der Waals surface area contributed by atoms with Crippen molar-refractivity contribution in [1.29, 1.82) is 0 Å². The lowest BCUT2D eigenvalue weighted by Gasteiger charge is -2.39. The van der Waals surface area contributed by atoms with Crippen molar-refractivity contribution in [3.63, 3.8) is 0 Å². The minimum absolute atomic E-state index is 0.362. The van der Waals surface area contributed by atoms with Gasteiger partial charge in [-0.05, 0) is 34.2 Å². The zero-order chi connectivity index (χ0) is 16.3. The third-order valence-corrected chi connectivity index (χ3v) is 6.11. The second-order valence-corrected chi connectivity index (χ2v) is 7.49. The summed E-state index contributed by atoms with van der Waals surface area (Å²) in [6.07, 6.45) is 4.88. The van der Waals surface area contributed by atoms with E-state index in [-0.39, 0.29) is 11.3 Å². The number of nitrogens with zero attached hydrogens (tertiary/aromatic N) is 3. The second kappa shape index (κ2) is 4.68. The number of aliphatic carboxylic acids is 1. The van der Waals surface area contributed by atoms with Crippen LogP contribution in [0.15, 0.2) is 17.0 Å². The number of nitrogen functional groups attached to an aromatic ring is 1. The van der Waals surface area contributed by atoms with E-state index in [1.165, 1.54) is 0 Å². The standard InChI is InChI=1S/C15H19BrN4O2/c1-14(2)8(12(21)22)4-5-15(14,3)13-19-10(16)9-11(17)18-6-7-20(9)13/h6-8H,4-5H2,1-3H3,(H2,17,18)(H,21,22)/t8-,15-/m1/s1. The number of carboxylic acids is 1. The number of imidazole rings is 1. The van der Waals surface area contributed by atoms with E-state index < -0.39 is 11.4 Å². The van der Waals surface area contributed by atoms with Crippen LogP contribution in [0.4, 0.5) is 5.82 Å². The number of nitrogens with two attached hydrogens (primary N) is 1. The fraction of sp³-hybridized carbons (Fsp3) is 0.533. The monoisotopic (exact) mass is 366 g/mol. The molecule has 0 saturated heterocycles. The quantitative estimate of drug-likeness (QED) is 0.851. The first-order valence-corrected chi connectivity index (χ1v) is 8.01. The second-order valence-electron chi connectivity index (χ2n) is 6.74. The highest BCUT2D eigenvalue weighted by atomic mass is 79.9. The van der Waals surface area contributed by atoms with Gasteiger partial charge in [-0.3, -0.25) is 9.20 Å². The Kier molecular flexibility index (Phi) is 3.25. The SMILES string of the molecule is CC1(C)[C@@H](C(=O)O)CC[C@]1(C)c1nc(Br)c2c(N)nccn12. The Bertz CT molecular complexity index is 770. The zero-order valence-electron chi connectivity index (χ0n) is 12.8. The Morgan fingerprint density at radius 3 is 2.77 bits per heavy atom. The summed E-state index contributed by atoms with van der Waals surface area (Å²) in [6.45, 7) is 6.12. The smallest absolute Gasteiger partial charge is 0.307 e. The van der Waals surface area contributed by atoms with E-state index in [0.717, 1.165) is 17.8 Å². The number of hydrogen-bond donors (Lipinski definition) is 2. The summed E-state index contributed by atoms with van der Waals surface area (Å²) in [7, 11) is 0. The van der Waals surface area contributed by atoms with Crippen molar-refractivity contribution in [2.24, 2.45) is 11.3 Å². The van der Waals surface area contributed by atoms with Gasteiger partial charge in [-0.15, -0.1) is 0 Å². The molecule has 1 fully saturated rings. The summed E-state index contributed by atoms with van der Waals surface area (Å²) in [4.78, 5) is 20.4. The molecule has 2 aromatic heterocycles. The fourth-order valence-electron chi connectivity index (χ4n) is 3.74. The summed E-state index contributed by atoms with van der Waals surface area (Å²) >= 11 is 3.45. The molecule has 118 valence electrons. The molecule has 6 nitrogen and oxygen atoms in total. The van der Waals surface area contributed by atoms with Crippen LogP contribution in [0, 0.1) is 11.3 Å². The molecule has 22 heavy (non-hydrogen) atoms. The topological polar surface area (TPSA) is 93.5 Å². The summed E-state index contributed by atoms with van der Waals surface area (Å²) < 4.78 is 2.57. The van der Waals surface area contributed by atoms with Crippen LogP contribution in [-0.4, -0.2) is 25.4 Å². The van der Waals surface area contributed by atoms with Gasteiger partial charge in [0.05, 0.1) is 5.92 Å². The van der Waals surface area contributed by atoms with Crippen molar-refractivity contribution in [3.8, 4) is 0 Å². The van der Waals surface area contributed by atoms with Gasteiger partial charge in [0.25, 0.3) is 0 Å².